The SMILES string of the molecule is CCCN1CCCC(N)C1c1cccc(C#N)c1. The number of nitrogens with two attached hydrogens (primary N) is 1. The molecular formula is C15H21N3. The maximum absolute atomic E-state index is 9.00. The van der Waals surface area contributed by atoms with Crippen molar-refractivity contribution >= 4 is 0 Å². The molecule has 2 N–H and O–H groups in total. The summed E-state index contributed by atoms with van der Waals surface area (Å²) in [5.74, 6) is 0. The van der Waals surface area contributed by atoms with Gasteiger partial charge in [-0.05, 0) is 50.0 Å². The van der Waals surface area contributed by atoms with E-state index in [-0.39, 0.29) is 12.1 Å². The van der Waals surface area contributed by atoms with Gasteiger partial charge in [0.1, 0.15) is 0 Å². The van der Waals surface area contributed by atoms with Crippen LogP contribution in [0.1, 0.15) is 43.4 Å². The predicted molar refractivity (Wildman–Crippen MR) is 73.0 cm³/mol. The van der Waals surface area contributed by atoms with Crippen molar-refractivity contribution in [1.29, 1.82) is 5.26 Å². The summed E-state index contributed by atoms with van der Waals surface area (Å²) in [6.07, 6.45) is 3.39. The molecule has 1 aromatic rings. The third kappa shape index (κ3) is 2.72. The first-order chi connectivity index (χ1) is 8.76. The maximum Gasteiger partial charge on any atom is 0.0991 e. The second-order valence-corrected chi connectivity index (χ2v) is 5.02. The summed E-state index contributed by atoms with van der Waals surface area (Å²) in [6, 6.07) is 10.5. The van der Waals surface area contributed by atoms with E-state index in [1.807, 2.05) is 18.2 Å². The largest absolute Gasteiger partial charge is 0.326 e. The van der Waals surface area contributed by atoms with E-state index in [0.29, 0.717) is 0 Å². The molecule has 2 rings (SSSR count). The van der Waals surface area contributed by atoms with Gasteiger partial charge in [0.2, 0.25) is 0 Å². The number of hydrogen-bond acceptors (Lipinski definition) is 3. The fourth-order valence-electron chi connectivity index (χ4n) is 2.89. The second kappa shape index (κ2) is 5.99. The van der Waals surface area contributed by atoms with Crippen LogP contribution in [-0.4, -0.2) is 24.0 Å². The minimum absolute atomic E-state index is 0.180. The molecule has 1 aliphatic heterocycles. The number of hydrogen-bond donors (Lipinski definition) is 1. The lowest BCUT2D eigenvalue weighted by molar-refractivity contribution is 0.128. The van der Waals surface area contributed by atoms with Crippen LogP contribution in [0.5, 0.6) is 0 Å². The summed E-state index contributed by atoms with van der Waals surface area (Å²) in [5.41, 5.74) is 8.21. The molecule has 1 aromatic carbocycles. The molecule has 0 amide bonds. The molecule has 2 atom stereocenters. The summed E-state index contributed by atoms with van der Waals surface area (Å²) >= 11 is 0. The maximum atomic E-state index is 9.00. The Hall–Kier alpha value is -1.37. The number of rotatable bonds is 3. The first kappa shape index (κ1) is 13.1. The van der Waals surface area contributed by atoms with Crippen molar-refractivity contribution in [2.24, 2.45) is 5.73 Å². The van der Waals surface area contributed by atoms with Gasteiger partial charge in [-0.1, -0.05) is 19.1 Å². The van der Waals surface area contributed by atoms with Gasteiger partial charge in [-0.2, -0.15) is 5.26 Å². The van der Waals surface area contributed by atoms with Crippen molar-refractivity contribution < 1.29 is 0 Å². The quantitative estimate of drug-likeness (QED) is 0.887. The fourth-order valence-corrected chi connectivity index (χ4v) is 2.89. The number of nitriles is 1. The normalized spacial score (nSPS) is 24.7. The smallest absolute Gasteiger partial charge is 0.0991 e. The monoisotopic (exact) mass is 243 g/mol. The Kier molecular flexibility index (Phi) is 4.35. The van der Waals surface area contributed by atoms with Crippen molar-refractivity contribution in [1.82, 2.24) is 4.90 Å². The zero-order valence-corrected chi connectivity index (χ0v) is 11.0. The molecule has 0 bridgehead atoms. The van der Waals surface area contributed by atoms with Crippen LogP contribution < -0.4 is 5.73 Å². The number of piperidine rings is 1. The van der Waals surface area contributed by atoms with E-state index in [1.54, 1.807) is 0 Å². The predicted octanol–water partition coefficient (Wildman–Crippen LogP) is 2.43. The highest BCUT2D eigenvalue weighted by molar-refractivity contribution is 5.35. The van der Waals surface area contributed by atoms with E-state index >= 15 is 0 Å². The Morgan fingerprint density at radius 1 is 1.50 bits per heavy atom. The minimum atomic E-state index is 0.180. The van der Waals surface area contributed by atoms with Crippen LogP contribution in [0.4, 0.5) is 0 Å². The van der Waals surface area contributed by atoms with Crippen molar-refractivity contribution in [3.63, 3.8) is 0 Å². The molecule has 0 aromatic heterocycles. The molecule has 0 aliphatic carbocycles. The van der Waals surface area contributed by atoms with Gasteiger partial charge in [-0.15, -0.1) is 0 Å². The summed E-state index contributed by atoms with van der Waals surface area (Å²) in [7, 11) is 0. The van der Waals surface area contributed by atoms with E-state index in [9.17, 15) is 0 Å². The van der Waals surface area contributed by atoms with Crippen molar-refractivity contribution in [3.8, 4) is 6.07 Å². The molecule has 0 saturated carbocycles. The van der Waals surface area contributed by atoms with Crippen LogP contribution in [0.3, 0.4) is 0 Å². The molecule has 0 radical (unpaired) electrons. The summed E-state index contributed by atoms with van der Waals surface area (Å²) in [5, 5.41) is 9.00. The summed E-state index contributed by atoms with van der Waals surface area (Å²) in [6.45, 7) is 4.39. The third-order valence-electron chi connectivity index (χ3n) is 3.65. The van der Waals surface area contributed by atoms with Crippen molar-refractivity contribution in [2.75, 3.05) is 13.1 Å². The molecule has 1 aliphatic rings. The van der Waals surface area contributed by atoms with Gasteiger partial charge in [0.25, 0.3) is 0 Å². The van der Waals surface area contributed by atoms with Gasteiger partial charge in [0.15, 0.2) is 0 Å². The van der Waals surface area contributed by atoms with Crippen LogP contribution in [0, 0.1) is 11.3 Å². The fraction of sp³-hybridized carbons (Fsp3) is 0.533. The second-order valence-electron chi connectivity index (χ2n) is 5.02. The Bertz CT molecular complexity index is 434. The van der Waals surface area contributed by atoms with Crippen molar-refractivity contribution in [3.05, 3.63) is 35.4 Å². The summed E-state index contributed by atoms with van der Waals surface area (Å²) in [4.78, 5) is 2.46. The molecule has 18 heavy (non-hydrogen) atoms. The van der Waals surface area contributed by atoms with E-state index in [1.165, 1.54) is 12.0 Å². The first-order valence-corrected chi connectivity index (χ1v) is 6.76. The molecule has 1 saturated heterocycles. The lowest BCUT2D eigenvalue weighted by atomic mass is 9.90. The van der Waals surface area contributed by atoms with Gasteiger partial charge in [0, 0.05) is 12.1 Å². The lowest BCUT2D eigenvalue weighted by Gasteiger charge is -2.40. The van der Waals surface area contributed by atoms with Gasteiger partial charge in [-0.3, -0.25) is 4.90 Å². The zero-order valence-electron chi connectivity index (χ0n) is 11.0. The average Bonchev–Trinajstić information content (AvgIpc) is 2.39. The van der Waals surface area contributed by atoms with Gasteiger partial charge < -0.3 is 5.73 Å². The average molecular weight is 243 g/mol. The Labute approximate surface area is 109 Å². The van der Waals surface area contributed by atoms with E-state index < -0.39 is 0 Å². The van der Waals surface area contributed by atoms with Crippen LogP contribution >= 0.6 is 0 Å². The topological polar surface area (TPSA) is 53.0 Å². The van der Waals surface area contributed by atoms with Gasteiger partial charge in [0.05, 0.1) is 11.6 Å². The van der Waals surface area contributed by atoms with E-state index in [2.05, 4.69) is 24.0 Å². The Morgan fingerprint density at radius 3 is 3.06 bits per heavy atom. The lowest BCUT2D eigenvalue weighted by Crippen LogP contribution is -2.46. The molecule has 0 spiro atoms. The van der Waals surface area contributed by atoms with Gasteiger partial charge >= 0.3 is 0 Å². The first-order valence-electron chi connectivity index (χ1n) is 6.76. The standard InChI is InChI=1S/C15H21N3/c1-2-8-18-9-4-7-14(17)15(18)13-6-3-5-12(10-13)11-16/h3,5-6,10,14-15H,2,4,7-9,17H2,1H3. The van der Waals surface area contributed by atoms with Crippen molar-refractivity contribution in [2.45, 2.75) is 38.3 Å². The Morgan fingerprint density at radius 2 is 2.33 bits per heavy atom. The highest BCUT2D eigenvalue weighted by Crippen LogP contribution is 2.30. The number of nitrogens with zero attached hydrogens (tertiary/aromatic N) is 2. The van der Waals surface area contributed by atoms with Gasteiger partial charge in [-0.25, -0.2) is 0 Å². The Balaban J connectivity index is 2.28. The molecule has 1 heterocycles. The van der Waals surface area contributed by atoms with Crippen LogP contribution in [0.15, 0.2) is 24.3 Å². The highest BCUT2D eigenvalue weighted by Gasteiger charge is 2.29. The molecule has 3 heteroatoms. The van der Waals surface area contributed by atoms with Crippen LogP contribution in [0.25, 0.3) is 0 Å². The molecule has 1 fully saturated rings. The molecule has 96 valence electrons. The molecular weight excluding hydrogens is 222 g/mol. The third-order valence-corrected chi connectivity index (χ3v) is 3.65. The van der Waals surface area contributed by atoms with Crippen LogP contribution in [-0.2, 0) is 0 Å². The van der Waals surface area contributed by atoms with E-state index in [0.717, 1.165) is 31.5 Å². The minimum Gasteiger partial charge on any atom is -0.326 e. The molecule has 3 nitrogen and oxygen atoms in total. The number of benzene rings is 1. The highest BCUT2D eigenvalue weighted by atomic mass is 15.2. The van der Waals surface area contributed by atoms with E-state index in [4.69, 9.17) is 11.0 Å². The zero-order chi connectivity index (χ0) is 13.0. The van der Waals surface area contributed by atoms with Crippen LogP contribution in [0.2, 0.25) is 0 Å². The number of likely N-dealkylation sites (tertiary alicyclic amines) is 1. The summed E-state index contributed by atoms with van der Waals surface area (Å²) < 4.78 is 0. The molecule has 2 unspecified atom stereocenters.